The lowest BCUT2D eigenvalue weighted by molar-refractivity contribution is -0.125. The average Bonchev–Trinajstić information content (AvgIpc) is 3.33. The van der Waals surface area contributed by atoms with E-state index in [-0.39, 0.29) is 23.8 Å². The van der Waals surface area contributed by atoms with Gasteiger partial charge in [-0.15, -0.1) is 0 Å². The van der Waals surface area contributed by atoms with Crippen molar-refractivity contribution in [2.24, 2.45) is 0 Å². The van der Waals surface area contributed by atoms with E-state index in [2.05, 4.69) is 21.2 Å². The number of carbonyl (C=O) groups is 1. The van der Waals surface area contributed by atoms with Crippen LogP contribution in [0.3, 0.4) is 0 Å². The van der Waals surface area contributed by atoms with Crippen LogP contribution < -0.4 is 16.2 Å². The molecule has 2 unspecified atom stereocenters. The number of hydrazine groups is 1. The molecule has 2 aliphatic rings. The summed E-state index contributed by atoms with van der Waals surface area (Å²) in [5.41, 5.74) is 7.54. The van der Waals surface area contributed by atoms with Crippen LogP contribution in [0.15, 0.2) is 48.7 Å². The Kier molecular flexibility index (Phi) is 4.70. The molecule has 0 radical (unpaired) electrons. The van der Waals surface area contributed by atoms with Crippen LogP contribution in [0.25, 0.3) is 0 Å². The van der Waals surface area contributed by atoms with Crippen LogP contribution in [-0.2, 0) is 10.3 Å². The van der Waals surface area contributed by atoms with E-state index in [4.69, 9.17) is 0 Å². The van der Waals surface area contributed by atoms with Gasteiger partial charge in [-0.2, -0.15) is 0 Å². The maximum atomic E-state index is 13.7. The Bertz CT molecular complexity index is 776. The molecule has 0 bridgehead atoms. The van der Waals surface area contributed by atoms with Crippen molar-refractivity contribution in [1.29, 1.82) is 0 Å². The highest BCUT2D eigenvalue weighted by atomic mass is 19.1. The highest BCUT2D eigenvalue weighted by molar-refractivity contribution is 5.83. The summed E-state index contributed by atoms with van der Waals surface area (Å²) in [5, 5.41) is 3.22. The zero-order valence-corrected chi connectivity index (χ0v) is 14.5. The lowest BCUT2D eigenvalue weighted by atomic mass is 9.87. The van der Waals surface area contributed by atoms with Gasteiger partial charge in [-0.1, -0.05) is 31.0 Å². The summed E-state index contributed by atoms with van der Waals surface area (Å²) >= 11 is 0. The van der Waals surface area contributed by atoms with E-state index in [9.17, 15) is 9.18 Å². The Hall–Kier alpha value is -2.31. The first-order valence-corrected chi connectivity index (χ1v) is 9.16. The molecule has 2 aromatic rings. The van der Waals surface area contributed by atoms with Crippen LogP contribution in [0.1, 0.15) is 49.4 Å². The molecule has 1 saturated carbocycles. The third kappa shape index (κ3) is 3.34. The number of hydrogen-bond acceptors (Lipinski definition) is 4. The number of halogens is 1. The van der Waals surface area contributed by atoms with E-state index in [1.807, 2.05) is 24.3 Å². The van der Waals surface area contributed by atoms with Crippen LogP contribution in [-0.4, -0.2) is 16.9 Å². The number of aromatic nitrogens is 1. The fraction of sp³-hybridized carbons (Fsp3) is 0.400. The number of pyridine rings is 1. The number of rotatable bonds is 4. The molecule has 1 saturated heterocycles. The van der Waals surface area contributed by atoms with Crippen LogP contribution in [0.5, 0.6) is 0 Å². The van der Waals surface area contributed by atoms with Gasteiger partial charge in [0.05, 0.1) is 17.3 Å². The van der Waals surface area contributed by atoms with Gasteiger partial charge in [-0.05, 0) is 49.1 Å². The lowest BCUT2D eigenvalue weighted by Crippen LogP contribution is -2.51. The second-order valence-corrected chi connectivity index (χ2v) is 7.17. The van der Waals surface area contributed by atoms with Crippen molar-refractivity contribution in [3.8, 4) is 0 Å². The molecular formula is C20H23FN4O. The molecule has 4 rings (SSSR count). The summed E-state index contributed by atoms with van der Waals surface area (Å²) in [6, 6.07) is 12.0. The molecule has 1 aromatic heterocycles. The van der Waals surface area contributed by atoms with E-state index in [0.29, 0.717) is 6.42 Å². The molecule has 2 heterocycles. The van der Waals surface area contributed by atoms with Crippen molar-refractivity contribution >= 4 is 5.91 Å². The summed E-state index contributed by atoms with van der Waals surface area (Å²) in [6.45, 7) is 0. The van der Waals surface area contributed by atoms with E-state index in [1.165, 1.54) is 6.07 Å². The molecule has 3 N–H and O–H groups in total. The Morgan fingerprint density at radius 1 is 1.15 bits per heavy atom. The van der Waals surface area contributed by atoms with E-state index in [1.54, 1.807) is 18.3 Å². The summed E-state index contributed by atoms with van der Waals surface area (Å²) in [6.07, 6.45) is 6.12. The van der Waals surface area contributed by atoms with Gasteiger partial charge in [0.2, 0.25) is 5.91 Å². The van der Waals surface area contributed by atoms with E-state index in [0.717, 1.165) is 36.9 Å². The van der Waals surface area contributed by atoms with Crippen molar-refractivity contribution < 1.29 is 9.18 Å². The van der Waals surface area contributed by atoms with Crippen molar-refractivity contribution in [3.63, 3.8) is 0 Å². The molecule has 5 nitrogen and oxygen atoms in total. The maximum Gasteiger partial charge on any atom is 0.239 e. The lowest BCUT2D eigenvalue weighted by Gasteiger charge is -2.32. The minimum absolute atomic E-state index is 0.000600. The van der Waals surface area contributed by atoms with Gasteiger partial charge < -0.3 is 5.32 Å². The quantitative estimate of drug-likeness (QED) is 0.790. The Balaban J connectivity index is 1.48. The molecule has 0 spiro atoms. The van der Waals surface area contributed by atoms with Crippen LogP contribution in [0.2, 0.25) is 0 Å². The molecule has 136 valence electrons. The second-order valence-electron chi connectivity index (χ2n) is 7.17. The van der Waals surface area contributed by atoms with Crippen LogP contribution in [0.4, 0.5) is 4.39 Å². The first-order chi connectivity index (χ1) is 12.7. The minimum Gasteiger partial charge on any atom is -0.345 e. The van der Waals surface area contributed by atoms with Gasteiger partial charge in [0, 0.05) is 6.20 Å². The van der Waals surface area contributed by atoms with Crippen molar-refractivity contribution in [2.45, 2.75) is 49.7 Å². The van der Waals surface area contributed by atoms with E-state index >= 15 is 0 Å². The second kappa shape index (κ2) is 7.13. The topological polar surface area (TPSA) is 66.0 Å². The highest BCUT2D eigenvalue weighted by Gasteiger charge is 2.40. The number of hydrogen-bond donors (Lipinski definition) is 3. The number of nitrogens with zero attached hydrogens (tertiary/aromatic N) is 1. The molecule has 1 aliphatic heterocycles. The van der Waals surface area contributed by atoms with Gasteiger partial charge >= 0.3 is 0 Å². The third-order valence-corrected chi connectivity index (χ3v) is 5.46. The van der Waals surface area contributed by atoms with Crippen molar-refractivity contribution in [1.82, 2.24) is 21.2 Å². The Labute approximate surface area is 152 Å². The number of nitrogens with one attached hydrogen (secondary N) is 3. The largest absolute Gasteiger partial charge is 0.345 e. The zero-order chi connectivity index (χ0) is 18.0. The molecule has 26 heavy (non-hydrogen) atoms. The highest BCUT2D eigenvalue weighted by Crippen LogP contribution is 2.39. The normalized spacial score (nSPS) is 24.5. The fourth-order valence-electron chi connectivity index (χ4n) is 4.08. The van der Waals surface area contributed by atoms with Gasteiger partial charge in [0.1, 0.15) is 11.9 Å². The summed E-state index contributed by atoms with van der Waals surface area (Å²) in [4.78, 5) is 17.3. The minimum atomic E-state index is -0.468. The molecule has 2 atom stereocenters. The molecule has 6 heteroatoms. The number of carbonyl (C=O) groups excluding carboxylic acids is 1. The summed E-state index contributed by atoms with van der Waals surface area (Å²) in [7, 11) is 0. The molecule has 1 aromatic carbocycles. The van der Waals surface area contributed by atoms with E-state index < -0.39 is 5.54 Å². The van der Waals surface area contributed by atoms with Crippen molar-refractivity contribution in [2.75, 3.05) is 0 Å². The Morgan fingerprint density at radius 2 is 2.00 bits per heavy atom. The van der Waals surface area contributed by atoms with Crippen LogP contribution >= 0.6 is 0 Å². The third-order valence-electron chi connectivity index (χ3n) is 5.46. The maximum absolute atomic E-state index is 13.7. The number of amides is 1. The first kappa shape index (κ1) is 17.1. The van der Waals surface area contributed by atoms with Crippen LogP contribution in [0, 0.1) is 5.82 Å². The SMILES string of the molecule is O=C(NC1(c2cccc(F)c2)CCCC1)C1CC(c2ccccn2)NN1. The monoisotopic (exact) mass is 354 g/mol. The molecule has 1 aliphatic carbocycles. The zero-order valence-electron chi connectivity index (χ0n) is 14.5. The number of benzene rings is 1. The first-order valence-electron chi connectivity index (χ1n) is 9.16. The Morgan fingerprint density at radius 3 is 2.73 bits per heavy atom. The standard InChI is InChI=1S/C20H23FN4O/c21-15-7-5-6-14(12-15)20(9-2-3-10-20)23-19(26)18-13-17(24-25-18)16-8-1-4-11-22-16/h1,4-8,11-12,17-18,24-25H,2-3,9-10,13H2,(H,23,26). The average molecular weight is 354 g/mol. The molecular weight excluding hydrogens is 331 g/mol. The molecule has 2 fully saturated rings. The summed E-state index contributed by atoms with van der Waals surface area (Å²) in [5.74, 6) is -0.319. The van der Waals surface area contributed by atoms with Gasteiger partial charge in [-0.25, -0.2) is 15.2 Å². The molecule has 1 amide bonds. The fourth-order valence-corrected chi connectivity index (χ4v) is 4.08. The predicted molar refractivity (Wildman–Crippen MR) is 96.3 cm³/mol. The summed E-state index contributed by atoms with van der Waals surface area (Å²) < 4.78 is 13.7. The smallest absolute Gasteiger partial charge is 0.239 e. The van der Waals surface area contributed by atoms with Gasteiger partial charge in [0.15, 0.2) is 0 Å². The van der Waals surface area contributed by atoms with Gasteiger partial charge in [-0.3, -0.25) is 9.78 Å². The predicted octanol–water partition coefficient (Wildman–Crippen LogP) is 2.71. The van der Waals surface area contributed by atoms with Crippen molar-refractivity contribution in [3.05, 3.63) is 65.7 Å². The van der Waals surface area contributed by atoms with Gasteiger partial charge in [0.25, 0.3) is 0 Å².